The van der Waals surface area contributed by atoms with Crippen LogP contribution in [0.3, 0.4) is 0 Å². The fourth-order valence-corrected chi connectivity index (χ4v) is 3.01. The van der Waals surface area contributed by atoms with Crippen molar-refractivity contribution in [2.45, 2.75) is 0 Å². The third-order valence-electron chi connectivity index (χ3n) is 4.12. The summed E-state index contributed by atoms with van der Waals surface area (Å²) in [6.07, 6.45) is 0. The molecular weight excluding hydrogens is 364 g/mol. The monoisotopic (exact) mass is 386 g/mol. The van der Waals surface area contributed by atoms with Crippen molar-refractivity contribution in [3.05, 3.63) is 54.1 Å². The zero-order valence-electron chi connectivity index (χ0n) is 15.1. The van der Waals surface area contributed by atoms with Crippen LogP contribution in [-0.4, -0.2) is 55.8 Å². The first-order valence-corrected chi connectivity index (χ1v) is 9.10. The van der Waals surface area contributed by atoms with Gasteiger partial charge in [-0.3, -0.25) is 4.79 Å². The number of anilines is 1. The van der Waals surface area contributed by atoms with Crippen molar-refractivity contribution in [2.75, 3.05) is 45.3 Å². The van der Waals surface area contributed by atoms with Gasteiger partial charge in [-0.1, -0.05) is 18.3 Å². The summed E-state index contributed by atoms with van der Waals surface area (Å²) in [6, 6.07) is 14.6. The number of rotatable bonds is 6. The van der Waals surface area contributed by atoms with Gasteiger partial charge in [-0.15, -0.1) is 0 Å². The minimum atomic E-state index is -0.240. The maximum absolute atomic E-state index is 12.1. The second-order valence-electron chi connectivity index (χ2n) is 6.00. The lowest BCUT2D eigenvalue weighted by Gasteiger charge is -2.29. The van der Waals surface area contributed by atoms with Crippen LogP contribution in [0, 0.1) is 0 Å². The number of hydrogen-bond donors (Lipinski definition) is 1. The van der Waals surface area contributed by atoms with Gasteiger partial charge in [-0.2, -0.15) is 0 Å². The number of benzene rings is 2. The van der Waals surface area contributed by atoms with Crippen molar-refractivity contribution in [3.63, 3.8) is 0 Å². The van der Waals surface area contributed by atoms with Gasteiger partial charge in [0.25, 0.3) is 5.91 Å². The Labute approximate surface area is 164 Å². The molecule has 0 radical (unpaired) electrons. The molecule has 2 aromatic rings. The lowest BCUT2D eigenvalue weighted by atomic mass is 10.2. The second-order valence-corrected chi connectivity index (χ2v) is 6.38. The van der Waals surface area contributed by atoms with E-state index in [4.69, 9.17) is 26.4 Å². The summed E-state index contributed by atoms with van der Waals surface area (Å²) in [7, 11) is 1.58. The first-order chi connectivity index (χ1) is 13.2. The molecule has 0 aromatic heterocycles. The van der Waals surface area contributed by atoms with Gasteiger partial charge in [0.15, 0.2) is 6.61 Å². The highest BCUT2D eigenvalue weighted by atomic mass is 32.1. The number of nitrogens with one attached hydrogen (secondary N) is 1. The van der Waals surface area contributed by atoms with E-state index in [9.17, 15) is 4.79 Å². The number of carbonyl (C=O) groups is 1. The fourth-order valence-electron chi connectivity index (χ4n) is 2.69. The molecular formula is C20H22N2O4S. The number of carbonyl (C=O) groups excluding carboxylic acids is 1. The predicted molar refractivity (Wildman–Crippen MR) is 108 cm³/mol. The zero-order valence-corrected chi connectivity index (χ0v) is 16.0. The minimum absolute atomic E-state index is 0.0789. The van der Waals surface area contributed by atoms with Crippen molar-refractivity contribution in [2.24, 2.45) is 0 Å². The summed E-state index contributed by atoms with van der Waals surface area (Å²) in [4.78, 5) is 15.0. The molecule has 0 aliphatic carbocycles. The van der Waals surface area contributed by atoms with Crippen molar-refractivity contribution in [3.8, 4) is 11.5 Å². The number of amides is 1. The highest BCUT2D eigenvalue weighted by molar-refractivity contribution is 7.80. The minimum Gasteiger partial charge on any atom is -0.497 e. The van der Waals surface area contributed by atoms with Gasteiger partial charge < -0.3 is 24.4 Å². The molecule has 0 unspecified atom stereocenters. The molecule has 0 bridgehead atoms. The average Bonchev–Trinajstić information content (AvgIpc) is 2.73. The first-order valence-electron chi connectivity index (χ1n) is 8.69. The van der Waals surface area contributed by atoms with Crippen LogP contribution >= 0.6 is 12.2 Å². The van der Waals surface area contributed by atoms with Gasteiger partial charge in [-0.05, 0) is 36.4 Å². The largest absolute Gasteiger partial charge is 0.497 e. The quantitative estimate of drug-likeness (QED) is 0.771. The number of methoxy groups -OCH3 is 1. The summed E-state index contributed by atoms with van der Waals surface area (Å²) in [5.74, 6) is 1.06. The molecule has 0 atom stereocenters. The summed E-state index contributed by atoms with van der Waals surface area (Å²) >= 11 is 5.54. The molecule has 0 spiro atoms. The molecule has 1 heterocycles. The SMILES string of the molecule is COc1cccc(NC(=O)COc2ccc(C(=S)N3CCOCC3)cc2)c1. The van der Waals surface area contributed by atoms with Crippen LogP contribution in [0.25, 0.3) is 0 Å². The highest BCUT2D eigenvalue weighted by Crippen LogP contribution is 2.17. The van der Waals surface area contributed by atoms with Gasteiger partial charge in [0, 0.05) is 30.4 Å². The molecule has 1 amide bonds. The van der Waals surface area contributed by atoms with Crippen molar-refractivity contribution in [1.82, 2.24) is 4.90 Å². The lowest BCUT2D eigenvalue weighted by molar-refractivity contribution is -0.118. The maximum atomic E-state index is 12.1. The van der Waals surface area contributed by atoms with Crippen LogP contribution < -0.4 is 14.8 Å². The van der Waals surface area contributed by atoms with Gasteiger partial charge in [0.05, 0.1) is 20.3 Å². The fraction of sp³-hybridized carbons (Fsp3) is 0.300. The normalized spacial score (nSPS) is 13.7. The third kappa shape index (κ3) is 5.42. The van der Waals surface area contributed by atoms with E-state index in [0.29, 0.717) is 30.4 Å². The number of ether oxygens (including phenoxy) is 3. The number of morpholine rings is 1. The molecule has 3 rings (SSSR count). The Morgan fingerprint density at radius 1 is 1.15 bits per heavy atom. The Hall–Kier alpha value is -2.64. The molecule has 6 nitrogen and oxygen atoms in total. The van der Waals surface area contributed by atoms with Crippen LogP contribution in [0.15, 0.2) is 48.5 Å². The van der Waals surface area contributed by atoms with Crippen LogP contribution in [0.5, 0.6) is 11.5 Å². The number of thiocarbonyl (C=S) groups is 1. The van der Waals surface area contributed by atoms with E-state index in [1.165, 1.54) is 0 Å². The molecule has 2 aromatic carbocycles. The Morgan fingerprint density at radius 3 is 2.59 bits per heavy atom. The van der Waals surface area contributed by atoms with Gasteiger partial charge in [0.1, 0.15) is 16.5 Å². The zero-order chi connectivity index (χ0) is 19.1. The molecule has 1 fully saturated rings. The topological polar surface area (TPSA) is 60.0 Å². The number of nitrogens with zero attached hydrogens (tertiary/aromatic N) is 1. The number of hydrogen-bond acceptors (Lipinski definition) is 5. The van der Waals surface area contributed by atoms with E-state index in [2.05, 4.69) is 10.2 Å². The molecule has 1 saturated heterocycles. The maximum Gasteiger partial charge on any atom is 0.262 e. The molecule has 1 aliphatic heterocycles. The molecule has 0 saturated carbocycles. The Morgan fingerprint density at radius 2 is 1.89 bits per heavy atom. The van der Waals surface area contributed by atoms with E-state index >= 15 is 0 Å². The van der Waals surface area contributed by atoms with Crippen LogP contribution in [0.1, 0.15) is 5.56 Å². The smallest absolute Gasteiger partial charge is 0.262 e. The first kappa shape index (κ1) is 19.1. The van der Waals surface area contributed by atoms with Crippen molar-refractivity contribution < 1.29 is 19.0 Å². The van der Waals surface area contributed by atoms with Gasteiger partial charge in [0.2, 0.25) is 0 Å². The van der Waals surface area contributed by atoms with E-state index < -0.39 is 0 Å². The summed E-state index contributed by atoms with van der Waals surface area (Å²) in [5, 5.41) is 2.78. The molecule has 1 aliphatic rings. The van der Waals surface area contributed by atoms with Crippen molar-refractivity contribution >= 4 is 28.8 Å². The average molecular weight is 386 g/mol. The highest BCUT2D eigenvalue weighted by Gasteiger charge is 2.15. The van der Waals surface area contributed by atoms with Crippen LogP contribution in [-0.2, 0) is 9.53 Å². The molecule has 142 valence electrons. The second kappa shape index (κ2) is 9.34. The van der Waals surface area contributed by atoms with E-state index in [1.54, 1.807) is 19.2 Å². The Kier molecular flexibility index (Phi) is 6.62. The Bertz CT molecular complexity index is 789. The Balaban J connectivity index is 1.50. The summed E-state index contributed by atoms with van der Waals surface area (Å²) in [6.45, 7) is 2.93. The molecule has 1 N–H and O–H groups in total. The van der Waals surface area contributed by atoms with E-state index in [1.807, 2.05) is 36.4 Å². The molecule has 27 heavy (non-hydrogen) atoms. The predicted octanol–water partition coefficient (Wildman–Crippen LogP) is 2.72. The van der Waals surface area contributed by atoms with Crippen LogP contribution in [0.2, 0.25) is 0 Å². The van der Waals surface area contributed by atoms with E-state index in [0.717, 1.165) is 23.6 Å². The van der Waals surface area contributed by atoms with Crippen molar-refractivity contribution in [1.29, 1.82) is 0 Å². The summed E-state index contributed by atoms with van der Waals surface area (Å²) < 4.78 is 16.0. The van der Waals surface area contributed by atoms with Crippen LogP contribution in [0.4, 0.5) is 5.69 Å². The summed E-state index contributed by atoms with van der Waals surface area (Å²) in [5.41, 5.74) is 1.62. The standard InChI is InChI=1S/C20H22N2O4S/c1-24-18-4-2-3-16(13-18)21-19(23)14-26-17-7-5-15(6-8-17)20(27)22-9-11-25-12-10-22/h2-8,13H,9-12,14H2,1H3,(H,21,23). The van der Waals surface area contributed by atoms with Gasteiger partial charge >= 0.3 is 0 Å². The van der Waals surface area contributed by atoms with Gasteiger partial charge in [-0.25, -0.2) is 0 Å². The van der Waals surface area contributed by atoms with E-state index in [-0.39, 0.29) is 12.5 Å². The lowest BCUT2D eigenvalue weighted by Crippen LogP contribution is -2.40. The molecule has 7 heteroatoms. The third-order valence-corrected chi connectivity index (χ3v) is 4.62.